The SMILES string of the molecule is CCOC(=O)c1cn2cc(-c3ccncc3)nc(NCC3CCCCC3)c2n1. The van der Waals surface area contributed by atoms with E-state index >= 15 is 0 Å². The molecule has 3 aromatic rings. The summed E-state index contributed by atoms with van der Waals surface area (Å²) in [5.74, 6) is 0.921. The number of esters is 1. The summed E-state index contributed by atoms with van der Waals surface area (Å²) in [6.07, 6.45) is 13.5. The largest absolute Gasteiger partial charge is 0.461 e. The third-order valence-electron chi connectivity index (χ3n) is 5.18. The maximum atomic E-state index is 12.1. The van der Waals surface area contributed by atoms with Crippen LogP contribution >= 0.6 is 0 Å². The highest BCUT2D eigenvalue weighted by Crippen LogP contribution is 2.26. The molecular weight excluding hydrogens is 354 g/mol. The molecule has 0 saturated heterocycles. The van der Waals surface area contributed by atoms with Gasteiger partial charge in [-0.2, -0.15) is 0 Å². The van der Waals surface area contributed by atoms with Crippen molar-refractivity contribution in [1.82, 2.24) is 19.4 Å². The Balaban J connectivity index is 1.69. The second-order valence-corrected chi connectivity index (χ2v) is 7.17. The van der Waals surface area contributed by atoms with Crippen LogP contribution in [0.1, 0.15) is 49.5 Å². The average Bonchev–Trinajstić information content (AvgIpc) is 3.18. The number of rotatable bonds is 6. The van der Waals surface area contributed by atoms with E-state index < -0.39 is 5.97 Å². The second kappa shape index (κ2) is 8.37. The van der Waals surface area contributed by atoms with Crippen LogP contribution in [0.15, 0.2) is 36.9 Å². The van der Waals surface area contributed by atoms with E-state index in [0.29, 0.717) is 24.0 Å². The Morgan fingerprint density at radius 3 is 2.71 bits per heavy atom. The van der Waals surface area contributed by atoms with Gasteiger partial charge in [-0.3, -0.25) is 4.98 Å². The number of ether oxygens (including phenoxy) is 1. The molecule has 0 atom stereocenters. The number of aromatic nitrogens is 4. The van der Waals surface area contributed by atoms with E-state index in [0.717, 1.165) is 17.8 Å². The molecule has 0 aliphatic heterocycles. The minimum Gasteiger partial charge on any atom is -0.461 e. The van der Waals surface area contributed by atoms with Crippen molar-refractivity contribution >= 4 is 17.4 Å². The molecule has 0 amide bonds. The van der Waals surface area contributed by atoms with Gasteiger partial charge in [-0.25, -0.2) is 14.8 Å². The van der Waals surface area contributed by atoms with Gasteiger partial charge in [0.2, 0.25) is 0 Å². The highest BCUT2D eigenvalue weighted by Gasteiger charge is 2.18. The number of pyridine rings is 1. The van der Waals surface area contributed by atoms with Gasteiger partial charge in [-0.15, -0.1) is 0 Å². The molecule has 146 valence electrons. The van der Waals surface area contributed by atoms with Gasteiger partial charge in [-0.1, -0.05) is 19.3 Å². The molecule has 3 heterocycles. The Labute approximate surface area is 164 Å². The normalized spacial score (nSPS) is 14.9. The molecule has 0 aromatic carbocycles. The highest BCUT2D eigenvalue weighted by molar-refractivity contribution is 5.89. The number of hydrogen-bond acceptors (Lipinski definition) is 6. The Hall–Kier alpha value is -2.96. The predicted octanol–water partition coefficient (Wildman–Crippen LogP) is 3.96. The minimum atomic E-state index is -0.421. The Morgan fingerprint density at radius 1 is 1.18 bits per heavy atom. The molecule has 1 aliphatic rings. The zero-order valence-corrected chi connectivity index (χ0v) is 16.1. The van der Waals surface area contributed by atoms with Crippen LogP contribution in [0.2, 0.25) is 0 Å². The summed E-state index contributed by atoms with van der Waals surface area (Å²) in [4.78, 5) is 25.5. The number of carbonyl (C=O) groups excluding carboxylic acids is 1. The molecule has 4 rings (SSSR count). The third kappa shape index (κ3) is 3.98. The van der Waals surface area contributed by atoms with E-state index in [1.807, 2.05) is 22.7 Å². The fourth-order valence-corrected chi connectivity index (χ4v) is 3.71. The van der Waals surface area contributed by atoms with Crippen molar-refractivity contribution in [1.29, 1.82) is 0 Å². The molecule has 7 heteroatoms. The van der Waals surface area contributed by atoms with Crippen molar-refractivity contribution in [3.63, 3.8) is 0 Å². The van der Waals surface area contributed by atoms with Crippen LogP contribution in [0.4, 0.5) is 5.82 Å². The van der Waals surface area contributed by atoms with Crippen molar-refractivity contribution in [2.75, 3.05) is 18.5 Å². The van der Waals surface area contributed by atoms with Crippen LogP contribution in [-0.2, 0) is 4.74 Å². The van der Waals surface area contributed by atoms with E-state index in [9.17, 15) is 4.79 Å². The summed E-state index contributed by atoms with van der Waals surface area (Å²) < 4.78 is 6.95. The van der Waals surface area contributed by atoms with Crippen LogP contribution in [0.25, 0.3) is 16.9 Å². The second-order valence-electron chi connectivity index (χ2n) is 7.17. The van der Waals surface area contributed by atoms with Crippen molar-refractivity contribution < 1.29 is 9.53 Å². The molecule has 1 fully saturated rings. The van der Waals surface area contributed by atoms with E-state index in [-0.39, 0.29) is 5.69 Å². The smallest absolute Gasteiger partial charge is 0.358 e. The maximum Gasteiger partial charge on any atom is 0.358 e. The Kier molecular flexibility index (Phi) is 5.50. The van der Waals surface area contributed by atoms with Crippen molar-refractivity contribution in [2.45, 2.75) is 39.0 Å². The summed E-state index contributed by atoms with van der Waals surface area (Å²) in [5.41, 5.74) is 2.69. The lowest BCUT2D eigenvalue weighted by molar-refractivity contribution is 0.0520. The van der Waals surface area contributed by atoms with Gasteiger partial charge < -0.3 is 14.5 Å². The quantitative estimate of drug-likeness (QED) is 0.653. The highest BCUT2D eigenvalue weighted by atomic mass is 16.5. The molecule has 0 radical (unpaired) electrons. The predicted molar refractivity (Wildman–Crippen MR) is 107 cm³/mol. The number of carbonyl (C=O) groups is 1. The number of nitrogens with one attached hydrogen (secondary N) is 1. The zero-order valence-electron chi connectivity index (χ0n) is 16.1. The average molecular weight is 379 g/mol. The maximum absolute atomic E-state index is 12.1. The molecule has 0 bridgehead atoms. The molecule has 0 unspecified atom stereocenters. The number of fused-ring (bicyclic) bond motifs is 1. The van der Waals surface area contributed by atoms with Crippen molar-refractivity contribution in [3.05, 3.63) is 42.6 Å². The molecule has 7 nitrogen and oxygen atoms in total. The first-order chi connectivity index (χ1) is 13.7. The lowest BCUT2D eigenvalue weighted by Crippen LogP contribution is -2.18. The number of hydrogen-bond donors (Lipinski definition) is 1. The van der Waals surface area contributed by atoms with Crippen LogP contribution in [0, 0.1) is 5.92 Å². The molecule has 0 spiro atoms. The molecule has 3 aromatic heterocycles. The van der Waals surface area contributed by atoms with E-state index in [2.05, 4.69) is 15.3 Å². The van der Waals surface area contributed by atoms with Gasteiger partial charge in [0.1, 0.15) is 0 Å². The summed E-state index contributed by atoms with van der Waals surface area (Å²) in [6, 6.07) is 3.84. The van der Waals surface area contributed by atoms with Crippen LogP contribution in [0.5, 0.6) is 0 Å². The Morgan fingerprint density at radius 2 is 1.96 bits per heavy atom. The zero-order chi connectivity index (χ0) is 19.3. The molecule has 28 heavy (non-hydrogen) atoms. The fraction of sp³-hybridized carbons (Fsp3) is 0.429. The van der Waals surface area contributed by atoms with Crippen LogP contribution < -0.4 is 5.32 Å². The summed E-state index contributed by atoms with van der Waals surface area (Å²) >= 11 is 0. The van der Waals surface area contributed by atoms with Crippen LogP contribution in [-0.4, -0.2) is 38.5 Å². The lowest BCUT2D eigenvalue weighted by Gasteiger charge is -2.22. The molecule has 1 N–H and O–H groups in total. The van der Waals surface area contributed by atoms with Gasteiger partial charge in [-0.05, 0) is 37.8 Å². The summed E-state index contributed by atoms with van der Waals surface area (Å²) in [6.45, 7) is 2.97. The third-order valence-corrected chi connectivity index (χ3v) is 5.18. The summed E-state index contributed by atoms with van der Waals surface area (Å²) in [7, 11) is 0. The van der Waals surface area contributed by atoms with Gasteiger partial charge >= 0.3 is 5.97 Å². The van der Waals surface area contributed by atoms with Crippen molar-refractivity contribution in [3.8, 4) is 11.3 Å². The first-order valence-electron chi connectivity index (χ1n) is 9.95. The topological polar surface area (TPSA) is 81.4 Å². The van der Waals surface area contributed by atoms with Gasteiger partial charge in [0.25, 0.3) is 0 Å². The monoisotopic (exact) mass is 379 g/mol. The van der Waals surface area contributed by atoms with Crippen LogP contribution in [0.3, 0.4) is 0 Å². The fourth-order valence-electron chi connectivity index (χ4n) is 3.71. The lowest BCUT2D eigenvalue weighted by atomic mass is 9.89. The van der Waals surface area contributed by atoms with E-state index in [1.54, 1.807) is 25.5 Å². The summed E-state index contributed by atoms with van der Waals surface area (Å²) in [5, 5.41) is 3.49. The number of nitrogens with zero attached hydrogens (tertiary/aromatic N) is 4. The van der Waals surface area contributed by atoms with E-state index in [1.165, 1.54) is 32.1 Å². The molecule has 1 aliphatic carbocycles. The molecule has 1 saturated carbocycles. The first kappa shape index (κ1) is 18.4. The number of anilines is 1. The first-order valence-corrected chi connectivity index (χ1v) is 9.95. The van der Waals surface area contributed by atoms with E-state index in [4.69, 9.17) is 9.72 Å². The minimum absolute atomic E-state index is 0.288. The van der Waals surface area contributed by atoms with Gasteiger partial charge in [0.15, 0.2) is 17.2 Å². The van der Waals surface area contributed by atoms with Crippen molar-refractivity contribution in [2.24, 2.45) is 5.92 Å². The number of imidazole rings is 1. The standard InChI is InChI=1S/C21H25N5O2/c1-2-28-21(27)18-14-26-13-17(16-8-10-22-11-9-16)24-19(20(26)25-18)23-12-15-6-4-3-5-7-15/h8-11,13-15H,2-7,12H2,1H3,(H,23,24). The van der Waals surface area contributed by atoms with Gasteiger partial charge in [0.05, 0.1) is 12.3 Å². The molecular formula is C21H25N5O2. The van der Waals surface area contributed by atoms with Gasteiger partial charge in [0, 0.05) is 36.9 Å². The Bertz CT molecular complexity index is 948.